The molecule has 2 aliphatic rings. The first-order valence-corrected chi connectivity index (χ1v) is 4.97. The van der Waals surface area contributed by atoms with E-state index in [1.165, 1.54) is 4.90 Å². The van der Waals surface area contributed by atoms with E-state index in [1.807, 2.05) is 0 Å². The van der Waals surface area contributed by atoms with Gasteiger partial charge in [0.1, 0.15) is 5.60 Å². The van der Waals surface area contributed by atoms with Gasteiger partial charge >= 0.3 is 6.61 Å². The summed E-state index contributed by atoms with van der Waals surface area (Å²) in [6.45, 7) is -2.48. The number of hydrogen-bond donors (Lipinski definition) is 1. The van der Waals surface area contributed by atoms with Crippen LogP contribution in [0, 0.1) is 0 Å². The topological polar surface area (TPSA) is 49.8 Å². The second-order valence-corrected chi connectivity index (χ2v) is 4.11. The van der Waals surface area contributed by atoms with Gasteiger partial charge in [-0.15, -0.1) is 0 Å². The van der Waals surface area contributed by atoms with E-state index in [9.17, 15) is 18.7 Å². The largest absolute Gasteiger partial charge is 0.380 e. The zero-order valence-corrected chi connectivity index (χ0v) is 8.16. The van der Waals surface area contributed by atoms with Gasteiger partial charge in [-0.25, -0.2) is 0 Å². The molecule has 0 spiro atoms. The third-order valence-electron chi connectivity index (χ3n) is 3.01. The van der Waals surface area contributed by atoms with Crippen LogP contribution in [0.15, 0.2) is 0 Å². The predicted molar refractivity (Wildman–Crippen MR) is 46.3 cm³/mol. The highest BCUT2D eigenvalue weighted by molar-refractivity contribution is 5.86. The number of amides is 1. The van der Waals surface area contributed by atoms with Crippen LogP contribution in [-0.2, 0) is 9.53 Å². The van der Waals surface area contributed by atoms with E-state index < -0.39 is 18.3 Å². The highest BCUT2D eigenvalue weighted by Gasteiger charge is 2.47. The van der Waals surface area contributed by atoms with Crippen molar-refractivity contribution in [2.45, 2.75) is 37.6 Å². The van der Waals surface area contributed by atoms with E-state index in [-0.39, 0.29) is 19.0 Å². The molecule has 0 aromatic rings. The van der Waals surface area contributed by atoms with E-state index in [1.54, 1.807) is 0 Å². The lowest BCUT2D eigenvalue weighted by molar-refractivity contribution is -0.207. The van der Waals surface area contributed by atoms with E-state index in [0.717, 1.165) is 6.42 Å². The predicted octanol–water partition coefficient (Wildman–Crippen LogP) is 0.351. The van der Waals surface area contributed by atoms with Crippen LogP contribution in [0.4, 0.5) is 8.78 Å². The van der Waals surface area contributed by atoms with E-state index >= 15 is 0 Å². The fraction of sp³-hybridized carbons (Fsp3) is 0.889. The van der Waals surface area contributed by atoms with Gasteiger partial charge in [-0.1, -0.05) is 0 Å². The standard InChI is InChI=1S/C9H13F2NO3/c10-8(11)15-6-4-12(5-6)7(13)9(14)2-1-3-9/h6,8,14H,1-5H2. The van der Waals surface area contributed by atoms with Crippen LogP contribution in [0.1, 0.15) is 19.3 Å². The Labute approximate surface area is 85.8 Å². The maximum Gasteiger partial charge on any atom is 0.345 e. The van der Waals surface area contributed by atoms with Gasteiger partial charge in [0.25, 0.3) is 5.91 Å². The number of nitrogens with zero attached hydrogens (tertiary/aromatic N) is 1. The van der Waals surface area contributed by atoms with Gasteiger partial charge in [0.15, 0.2) is 0 Å². The van der Waals surface area contributed by atoms with Gasteiger partial charge in [-0.2, -0.15) is 8.78 Å². The van der Waals surface area contributed by atoms with Crippen LogP contribution in [0.25, 0.3) is 0 Å². The smallest absolute Gasteiger partial charge is 0.345 e. The maximum atomic E-state index is 11.8. The molecule has 6 heteroatoms. The molecule has 4 nitrogen and oxygen atoms in total. The summed E-state index contributed by atoms with van der Waals surface area (Å²) in [5, 5.41) is 9.70. The second kappa shape index (κ2) is 3.68. The van der Waals surface area contributed by atoms with Gasteiger partial charge < -0.3 is 14.7 Å². The van der Waals surface area contributed by atoms with Crippen LogP contribution in [-0.4, -0.2) is 47.3 Å². The van der Waals surface area contributed by atoms with Gasteiger partial charge in [0.2, 0.25) is 0 Å². The van der Waals surface area contributed by atoms with Crippen molar-refractivity contribution in [3.05, 3.63) is 0 Å². The molecule has 0 aromatic carbocycles. The Bertz CT molecular complexity index is 262. The summed E-state index contributed by atoms with van der Waals surface area (Å²) in [6.07, 6.45) is 1.20. The van der Waals surface area contributed by atoms with Crippen molar-refractivity contribution >= 4 is 5.91 Å². The fourth-order valence-electron chi connectivity index (χ4n) is 1.86. The summed E-state index contributed by atoms with van der Waals surface area (Å²) >= 11 is 0. The van der Waals surface area contributed by atoms with Crippen molar-refractivity contribution in [3.8, 4) is 0 Å². The first kappa shape index (κ1) is 10.8. The number of alkyl halides is 2. The Morgan fingerprint density at radius 3 is 2.47 bits per heavy atom. The average molecular weight is 221 g/mol. The molecule has 1 saturated heterocycles. The Hall–Kier alpha value is -0.750. The van der Waals surface area contributed by atoms with Crippen molar-refractivity contribution in [2.75, 3.05) is 13.1 Å². The summed E-state index contributed by atoms with van der Waals surface area (Å²) in [6, 6.07) is 0. The summed E-state index contributed by atoms with van der Waals surface area (Å²) in [5.74, 6) is -0.345. The second-order valence-electron chi connectivity index (χ2n) is 4.11. The van der Waals surface area contributed by atoms with Crippen LogP contribution in [0.3, 0.4) is 0 Å². The molecule has 0 radical (unpaired) electrons. The van der Waals surface area contributed by atoms with Gasteiger partial charge in [0, 0.05) is 13.1 Å². The Balaban J connectivity index is 1.77. The summed E-state index contributed by atoms with van der Waals surface area (Å²) in [7, 11) is 0. The number of carbonyl (C=O) groups excluding carboxylic acids is 1. The number of hydrogen-bond acceptors (Lipinski definition) is 3. The molecule has 2 fully saturated rings. The summed E-state index contributed by atoms with van der Waals surface area (Å²) in [5.41, 5.74) is -1.23. The summed E-state index contributed by atoms with van der Waals surface area (Å²) < 4.78 is 27.8. The first-order valence-electron chi connectivity index (χ1n) is 4.97. The minimum absolute atomic E-state index is 0.158. The zero-order chi connectivity index (χ0) is 11.1. The number of aliphatic hydroxyl groups is 1. The minimum Gasteiger partial charge on any atom is -0.380 e. The van der Waals surface area contributed by atoms with Gasteiger partial charge in [0.05, 0.1) is 6.10 Å². The minimum atomic E-state index is -2.79. The third kappa shape index (κ3) is 1.96. The fourth-order valence-corrected chi connectivity index (χ4v) is 1.86. The van der Waals surface area contributed by atoms with Crippen molar-refractivity contribution in [1.29, 1.82) is 0 Å². The number of rotatable bonds is 3. The van der Waals surface area contributed by atoms with Crippen LogP contribution >= 0.6 is 0 Å². The molecule has 1 heterocycles. The molecule has 0 bridgehead atoms. The van der Waals surface area contributed by atoms with Crippen LogP contribution < -0.4 is 0 Å². The molecule has 1 aliphatic carbocycles. The molecule has 1 amide bonds. The summed E-state index contributed by atoms with van der Waals surface area (Å²) in [4.78, 5) is 13.0. The highest BCUT2D eigenvalue weighted by atomic mass is 19.3. The number of likely N-dealkylation sites (tertiary alicyclic amines) is 1. The molecular weight excluding hydrogens is 208 g/mol. The molecule has 1 saturated carbocycles. The Morgan fingerprint density at radius 1 is 1.47 bits per heavy atom. The third-order valence-corrected chi connectivity index (χ3v) is 3.01. The lowest BCUT2D eigenvalue weighted by Crippen LogP contribution is -2.63. The monoisotopic (exact) mass is 221 g/mol. The Kier molecular flexibility index (Phi) is 2.64. The van der Waals surface area contributed by atoms with Crippen molar-refractivity contribution in [2.24, 2.45) is 0 Å². The molecule has 2 rings (SSSR count). The lowest BCUT2D eigenvalue weighted by Gasteiger charge is -2.45. The molecule has 0 aromatic heterocycles. The van der Waals surface area contributed by atoms with Crippen LogP contribution in [0.5, 0.6) is 0 Å². The number of halogens is 2. The Morgan fingerprint density at radius 2 is 2.07 bits per heavy atom. The van der Waals surface area contributed by atoms with E-state index in [0.29, 0.717) is 12.8 Å². The molecule has 86 valence electrons. The van der Waals surface area contributed by atoms with Gasteiger partial charge in [-0.05, 0) is 19.3 Å². The lowest BCUT2D eigenvalue weighted by atomic mass is 9.78. The van der Waals surface area contributed by atoms with Crippen molar-refractivity contribution < 1.29 is 23.4 Å². The van der Waals surface area contributed by atoms with Crippen molar-refractivity contribution in [3.63, 3.8) is 0 Å². The molecule has 15 heavy (non-hydrogen) atoms. The number of ether oxygens (including phenoxy) is 1. The quantitative estimate of drug-likeness (QED) is 0.748. The number of carbonyl (C=O) groups is 1. The first-order chi connectivity index (χ1) is 7.01. The average Bonchev–Trinajstić information content (AvgIpc) is 2.05. The normalized spacial score (nSPS) is 24.9. The van der Waals surface area contributed by atoms with E-state index in [2.05, 4.69) is 4.74 Å². The van der Waals surface area contributed by atoms with E-state index in [4.69, 9.17) is 0 Å². The van der Waals surface area contributed by atoms with Crippen molar-refractivity contribution in [1.82, 2.24) is 4.90 Å². The van der Waals surface area contributed by atoms with Crippen LogP contribution in [0.2, 0.25) is 0 Å². The SMILES string of the molecule is O=C(N1CC(OC(F)F)C1)C1(O)CCC1. The molecule has 0 unspecified atom stereocenters. The highest BCUT2D eigenvalue weighted by Crippen LogP contribution is 2.34. The molecule has 1 aliphatic heterocycles. The zero-order valence-electron chi connectivity index (χ0n) is 8.16. The maximum absolute atomic E-state index is 11.8. The molecule has 1 N–H and O–H groups in total. The van der Waals surface area contributed by atoms with Gasteiger partial charge in [-0.3, -0.25) is 4.79 Å². The molecular formula is C9H13F2NO3. The molecule has 0 atom stereocenters.